The van der Waals surface area contributed by atoms with Gasteiger partial charge in [-0.2, -0.15) is 0 Å². The fraction of sp³-hybridized carbons (Fsp3) is 0.364. The van der Waals surface area contributed by atoms with E-state index < -0.39 is 0 Å². The third kappa shape index (κ3) is 5.31. The Labute approximate surface area is 176 Å². The predicted octanol–water partition coefficient (Wildman–Crippen LogP) is 3.50. The van der Waals surface area contributed by atoms with Crippen LogP contribution in [0.5, 0.6) is 0 Å². The molecule has 154 valence electrons. The van der Waals surface area contributed by atoms with E-state index in [9.17, 15) is 4.79 Å². The second-order valence-electron chi connectivity index (χ2n) is 7.13. The molecule has 0 unspecified atom stereocenters. The topological polar surface area (TPSA) is 50.6 Å². The zero-order valence-electron chi connectivity index (χ0n) is 17.5. The molecule has 29 heavy (non-hydrogen) atoms. The van der Waals surface area contributed by atoms with E-state index in [1.807, 2.05) is 45.4 Å². The number of carbonyl (C=O) groups is 1. The number of anilines is 1. The summed E-state index contributed by atoms with van der Waals surface area (Å²) in [7, 11) is 7.57. The van der Waals surface area contributed by atoms with Crippen molar-refractivity contribution in [3.05, 3.63) is 54.1 Å². The van der Waals surface area contributed by atoms with Crippen LogP contribution in [0.1, 0.15) is 5.56 Å². The van der Waals surface area contributed by atoms with Crippen LogP contribution in [0.4, 0.5) is 5.69 Å². The fourth-order valence-corrected chi connectivity index (χ4v) is 4.04. The standard InChI is InChI=1S/C22H28N4O2S/c1-24(2)18-11-9-17(10-12-18)15-25(3)21(27)16-29-22-23-19-7-5-6-8-20(19)26(22)13-14-28-4/h5-12H,13-16H2,1-4H3. The van der Waals surface area contributed by atoms with Crippen LogP contribution < -0.4 is 4.90 Å². The molecule has 0 spiro atoms. The largest absolute Gasteiger partial charge is 0.383 e. The Kier molecular flexibility index (Phi) is 7.17. The molecule has 0 atom stereocenters. The normalized spacial score (nSPS) is 11.0. The van der Waals surface area contributed by atoms with E-state index in [0.717, 1.165) is 27.4 Å². The summed E-state index contributed by atoms with van der Waals surface area (Å²) in [6.45, 7) is 1.90. The molecular weight excluding hydrogens is 384 g/mol. The Balaban J connectivity index is 1.63. The number of para-hydroxylation sites is 2. The number of rotatable bonds is 9. The van der Waals surface area contributed by atoms with Gasteiger partial charge in [-0.25, -0.2) is 4.98 Å². The van der Waals surface area contributed by atoms with E-state index in [2.05, 4.69) is 33.7 Å². The van der Waals surface area contributed by atoms with Gasteiger partial charge in [-0.3, -0.25) is 4.79 Å². The highest BCUT2D eigenvalue weighted by atomic mass is 32.2. The Hall–Kier alpha value is -2.51. The van der Waals surface area contributed by atoms with Crippen molar-refractivity contribution in [3.63, 3.8) is 0 Å². The molecule has 6 nitrogen and oxygen atoms in total. The summed E-state index contributed by atoms with van der Waals surface area (Å²) < 4.78 is 7.36. The van der Waals surface area contributed by atoms with Crippen LogP contribution >= 0.6 is 11.8 Å². The van der Waals surface area contributed by atoms with Crippen LogP contribution in [0.3, 0.4) is 0 Å². The number of hydrogen-bond acceptors (Lipinski definition) is 5. The zero-order valence-corrected chi connectivity index (χ0v) is 18.3. The van der Waals surface area contributed by atoms with Gasteiger partial charge in [0, 0.05) is 47.0 Å². The van der Waals surface area contributed by atoms with Crippen LogP contribution in [-0.2, 0) is 22.6 Å². The number of amides is 1. The molecule has 0 saturated heterocycles. The minimum atomic E-state index is 0.0806. The molecule has 2 aromatic carbocycles. The first-order chi connectivity index (χ1) is 14.0. The molecule has 0 aliphatic rings. The molecule has 1 amide bonds. The summed E-state index contributed by atoms with van der Waals surface area (Å²) in [4.78, 5) is 21.2. The highest BCUT2D eigenvalue weighted by Gasteiger charge is 2.15. The van der Waals surface area contributed by atoms with Crippen molar-refractivity contribution in [1.29, 1.82) is 0 Å². The average Bonchev–Trinajstić information content (AvgIpc) is 3.08. The molecule has 1 aromatic heterocycles. The maximum Gasteiger partial charge on any atom is 0.233 e. The number of thioether (sulfide) groups is 1. The Morgan fingerprint density at radius 2 is 1.83 bits per heavy atom. The Morgan fingerprint density at radius 1 is 1.10 bits per heavy atom. The van der Waals surface area contributed by atoms with Gasteiger partial charge in [-0.15, -0.1) is 0 Å². The highest BCUT2D eigenvalue weighted by molar-refractivity contribution is 7.99. The van der Waals surface area contributed by atoms with E-state index in [0.29, 0.717) is 25.4 Å². The first-order valence-electron chi connectivity index (χ1n) is 9.57. The summed E-state index contributed by atoms with van der Waals surface area (Å²) in [5.74, 6) is 0.430. The molecule has 0 bridgehead atoms. The van der Waals surface area contributed by atoms with Crippen molar-refractivity contribution in [2.45, 2.75) is 18.2 Å². The van der Waals surface area contributed by atoms with Crippen molar-refractivity contribution in [3.8, 4) is 0 Å². The lowest BCUT2D eigenvalue weighted by Crippen LogP contribution is -2.28. The molecule has 0 saturated carbocycles. The third-order valence-corrected chi connectivity index (χ3v) is 5.72. The van der Waals surface area contributed by atoms with Crippen molar-refractivity contribution >= 4 is 34.4 Å². The van der Waals surface area contributed by atoms with Crippen molar-refractivity contribution in [2.24, 2.45) is 0 Å². The van der Waals surface area contributed by atoms with E-state index >= 15 is 0 Å². The van der Waals surface area contributed by atoms with Gasteiger partial charge in [0.05, 0.1) is 23.4 Å². The van der Waals surface area contributed by atoms with E-state index in [1.54, 1.807) is 12.0 Å². The summed E-state index contributed by atoms with van der Waals surface area (Å²) in [5, 5.41) is 0.848. The smallest absolute Gasteiger partial charge is 0.233 e. The minimum Gasteiger partial charge on any atom is -0.383 e. The molecule has 3 rings (SSSR count). The van der Waals surface area contributed by atoms with Crippen LogP contribution in [0.25, 0.3) is 11.0 Å². The number of aromatic nitrogens is 2. The molecule has 0 fully saturated rings. The van der Waals surface area contributed by atoms with Crippen molar-refractivity contribution in [1.82, 2.24) is 14.5 Å². The van der Waals surface area contributed by atoms with Gasteiger partial charge >= 0.3 is 0 Å². The fourth-order valence-electron chi connectivity index (χ4n) is 3.06. The van der Waals surface area contributed by atoms with Gasteiger partial charge in [0.2, 0.25) is 5.91 Å². The lowest BCUT2D eigenvalue weighted by Gasteiger charge is -2.18. The second kappa shape index (κ2) is 9.80. The van der Waals surface area contributed by atoms with E-state index in [-0.39, 0.29) is 5.91 Å². The first-order valence-corrected chi connectivity index (χ1v) is 10.6. The number of benzene rings is 2. The van der Waals surface area contributed by atoms with Gasteiger partial charge in [0.15, 0.2) is 5.16 Å². The molecule has 7 heteroatoms. The Bertz CT molecular complexity index is 953. The molecule has 0 radical (unpaired) electrons. The summed E-state index contributed by atoms with van der Waals surface area (Å²) >= 11 is 1.48. The Morgan fingerprint density at radius 3 is 2.52 bits per heavy atom. The number of nitrogens with zero attached hydrogens (tertiary/aromatic N) is 4. The lowest BCUT2D eigenvalue weighted by molar-refractivity contribution is -0.127. The summed E-state index contributed by atoms with van der Waals surface area (Å²) in [6, 6.07) is 16.3. The third-order valence-electron chi connectivity index (χ3n) is 4.76. The molecule has 0 N–H and O–H groups in total. The van der Waals surface area contributed by atoms with Gasteiger partial charge in [0.25, 0.3) is 0 Å². The highest BCUT2D eigenvalue weighted by Crippen LogP contribution is 2.24. The maximum atomic E-state index is 12.7. The van der Waals surface area contributed by atoms with Gasteiger partial charge in [-0.05, 0) is 29.8 Å². The molecule has 1 heterocycles. The van der Waals surface area contributed by atoms with Crippen LogP contribution in [-0.4, -0.2) is 61.0 Å². The molecular formula is C22H28N4O2S. The van der Waals surface area contributed by atoms with Gasteiger partial charge in [0.1, 0.15) is 0 Å². The number of ether oxygens (including phenoxy) is 1. The number of imidazole rings is 1. The van der Waals surface area contributed by atoms with Crippen molar-refractivity contribution < 1.29 is 9.53 Å². The summed E-state index contributed by atoms with van der Waals surface area (Å²) in [6.07, 6.45) is 0. The summed E-state index contributed by atoms with van der Waals surface area (Å²) in [5.41, 5.74) is 4.26. The molecule has 0 aliphatic carbocycles. The zero-order chi connectivity index (χ0) is 20.8. The monoisotopic (exact) mass is 412 g/mol. The minimum absolute atomic E-state index is 0.0806. The predicted molar refractivity (Wildman–Crippen MR) is 120 cm³/mol. The van der Waals surface area contributed by atoms with E-state index in [4.69, 9.17) is 9.72 Å². The van der Waals surface area contributed by atoms with Gasteiger partial charge in [-0.1, -0.05) is 36.0 Å². The van der Waals surface area contributed by atoms with Gasteiger partial charge < -0.3 is 19.1 Å². The molecule has 0 aliphatic heterocycles. The number of methoxy groups -OCH3 is 1. The van der Waals surface area contributed by atoms with Crippen molar-refractivity contribution in [2.75, 3.05) is 45.5 Å². The van der Waals surface area contributed by atoms with Crippen LogP contribution in [0, 0.1) is 0 Å². The first kappa shape index (κ1) is 21.2. The maximum absolute atomic E-state index is 12.7. The second-order valence-corrected chi connectivity index (χ2v) is 8.07. The SMILES string of the molecule is COCCn1c(SCC(=O)N(C)Cc2ccc(N(C)C)cc2)nc2ccccc21. The average molecular weight is 413 g/mol. The lowest BCUT2D eigenvalue weighted by atomic mass is 10.2. The van der Waals surface area contributed by atoms with E-state index in [1.165, 1.54) is 11.8 Å². The van der Waals surface area contributed by atoms with Crippen LogP contribution in [0.2, 0.25) is 0 Å². The molecule has 3 aromatic rings. The number of hydrogen-bond donors (Lipinski definition) is 0. The number of carbonyl (C=O) groups excluding carboxylic acids is 1. The van der Waals surface area contributed by atoms with Crippen LogP contribution in [0.15, 0.2) is 53.7 Å². The quantitative estimate of drug-likeness (QED) is 0.504. The number of fused-ring (bicyclic) bond motifs is 1.